The molecule has 0 saturated heterocycles. The first kappa shape index (κ1) is 11.1. The van der Waals surface area contributed by atoms with Gasteiger partial charge in [0, 0.05) is 26.0 Å². The smallest absolute Gasteiger partial charge is 0.227 e. The quantitative estimate of drug-likeness (QED) is 0.762. The van der Waals surface area contributed by atoms with Crippen LogP contribution in [0.5, 0.6) is 0 Å². The number of imidazole rings is 1. The van der Waals surface area contributed by atoms with Gasteiger partial charge < -0.3 is 15.6 Å². The van der Waals surface area contributed by atoms with Crippen molar-refractivity contribution in [2.45, 2.75) is 25.8 Å². The van der Waals surface area contributed by atoms with E-state index in [4.69, 9.17) is 5.73 Å². The Balaban J connectivity index is 1.91. The number of carbonyl (C=O) groups is 1. The average Bonchev–Trinajstić information content (AvgIpc) is 2.60. The fourth-order valence-electron chi connectivity index (χ4n) is 2.04. The highest BCUT2D eigenvalue weighted by Gasteiger charge is 2.42. The van der Waals surface area contributed by atoms with Gasteiger partial charge in [0.15, 0.2) is 0 Å². The predicted octanol–water partition coefficient (Wildman–Crippen LogP) is 0.165. The summed E-state index contributed by atoms with van der Waals surface area (Å²) in [4.78, 5) is 16.1. The molecule has 1 amide bonds. The number of rotatable bonds is 4. The van der Waals surface area contributed by atoms with Gasteiger partial charge in [-0.05, 0) is 12.8 Å². The summed E-state index contributed by atoms with van der Waals surface area (Å²) in [5.41, 5.74) is 5.37. The summed E-state index contributed by atoms with van der Waals surface area (Å²) in [7, 11) is 1.91. The molecule has 0 unspecified atom stereocenters. The van der Waals surface area contributed by atoms with Gasteiger partial charge in [0.2, 0.25) is 5.91 Å². The molecule has 0 aliphatic heterocycles. The van der Waals surface area contributed by atoms with Crippen molar-refractivity contribution < 1.29 is 4.79 Å². The second-order valence-corrected chi connectivity index (χ2v) is 4.48. The molecule has 0 bridgehead atoms. The zero-order chi connectivity index (χ0) is 11.6. The molecule has 2 rings (SSSR count). The molecule has 1 fully saturated rings. The molecule has 5 heteroatoms. The zero-order valence-electron chi connectivity index (χ0n) is 9.57. The standard InChI is InChI=1S/C11H18N4O/c1-15-6-5-13-9(15)7-14-10(16)11(8-12)3-2-4-11/h5-6H,2-4,7-8,12H2,1H3,(H,14,16). The summed E-state index contributed by atoms with van der Waals surface area (Å²) in [5.74, 6) is 0.934. The number of carbonyl (C=O) groups excluding carboxylic acids is 1. The van der Waals surface area contributed by atoms with Crippen molar-refractivity contribution >= 4 is 5.91 Å². The molecule has 88 valence electrons. The minimum atomic E-state index is -0.300. The molecule has 1 heterocycles. The van der Waals surface area contributed by atoms with Crippen LogP contribution in [0.2, 0.25) is 0 Å². The molecule has 0 atom stereocenters. The number of aromatic nitrogens is 2. The highest BCUT2D eigenvalue weighted by atomic mass is 16.2. The third-order valence-corrected chi connectivity index (χ3v) is 3.51. The molecule has 1 aromatic rings. The maximum atomic E-state index is 12.0. The van der Waals surface area contributed by atoms with Crippen molar-refractivity contribution in [2.24, 2.45) is 18.2 Å². The predicted molar refractivity (Wildman–Crippen MR) is 60.4 cm³/mol. The lowest BCUT2D eigenvalue weighted by molar-refractivity contribution is -0.135. The van der Waals surface area contributed by atoms with Crippen molar-refractivity contribution in [2.75, 3.05) is 6.54 Å². The van der Waals surface area contributed by atoms with Gasteiger partial charge in [-0.2, -0.15) is 0 Å². The number of aryl methyl sites for hydroxylation is 1. The molecular formula is C11H18N4O. The van der Waals surface area contributed by atoms with Crippen LogP contribution < -0.4 is 11.1 Å². The minimum Gasteiger partial charge on any atom is -0.348 e. The van der Waals surface area contributed by atoms with E-state index >= 15 is 0 Å². The van der Waals surface area contributed by atoms with E-state index in [2.05, 4.69) is 10.3 Å². The number of nitrogens with zero attached hydrogens (tertiary/aromatic N) is 2. The summed E-state index contributed by atoms with van der Waals surface area (Å²) in [5, 5.41) is 2.92. The Morgan fingerprint density at radius 2 is 2.44 bits per heavy atom. The van der Waals surface area contributed by atoms with Crippen LogP contribution in [0.25, 0.3) is 0 Å². The van der Waals surface area contributed by atoms with E-state index in [0.717, 1.165) is 25.1 Å². The summed E-state index contributed by atoms with van der Waals surface area (Å²) < 4.78 is 1.90. The molecule has 1 saturated carbocycles. The SMILES string of the molecule is Cn1ccnc1CNC(=O)C1(CN)CCC1. The van der Waals surface area contributed by atoms with Crippen molar-refractivity contribution in [3.05, 3.63) is 18.2 Å². The molecule has 16 heavy (non-hydrogen) atoms. The fraction of sp³-hybridized carbons (Fsp3) is 0.636. The van der Waals surface area contributed by atoms with Crippen molar-refractivity contribution in [3.63, 3.8) is 0 Å². The molecule has 0 spiro atoms. The van der Waals surface area contributed by atoms with Crippen LogP contribution in [0.3, 0.4) is 0 Å². The summed E-state index contributed by atoms with van der Waals surface area (Å²) in [6, 6.07) is 0. The Kier molecular flexibility index (Phi) is 2.96. The van der Waals surface area contributed by atoms with E-state index in [-0.39, 0.29) is 11.3 Å². The Hall–Kier alpha value is -1.36. The fourth-order valence-corrected chi connectivity index (χ4v) is 2.04. The van der Waals surface area contributed by atoms with E-state index in [9.17, 15) is 4.79 Å². The molecule has 5 nitrogen and oxygen atoms in total. The van der Waals surface area contributed by atoms with Crippen LogP contribution in [0.1, 0.15) is 25.1 Å². The molecule has 1 aliphatic carbocycles. The normalized spacial score (nSPS) is 17.9. The molecular weight excluding hydrogens is 204 g/mol. The van der Waals surface area contributed by atoms with E-state index in [1.54, 1.807) is 6.20 Å². The van der Waals surface area contributed by atoms with E-state index < -0.39 is 0 Å². The van der Waals surface area contributed by atoms with E-state index in [0.29, 0.717) is 13.1 Å². The van der Waals surface area contributed by atoms with E-state index in [1.165, 1.54) is 0 Å². The lowest BCUT2D eigenvalue weighted by Crippen LogP contribution is -2.50. The largest absolute Gasteiger partial charge is 0.348 e. The number of nitrogens with one attached hydrogen (secondary N) is 1. The van der Waals surface area contributed by atoms with Crippen LogP contribution >= 0.6 is 0 Å². The number of amides is 1. The van der Waals surface area contributed by atoms with Crippen LogP contribution in [0.15, 0.2) is 12.4 Å². The Morgan fingerprint density at radius 3 is 2.88 bits per heavy atom. The number of nitrogens with two attached hydrogens (primary N) is 1. The monoisotopic (exact) mass is 222 g/mol. The van der Waals surface area contributed by atoms with Gasteiger partial charge in [0.05, 0.1) is 12.0 Å². The van der Waals surface area contributed by atoms with Gasteiger partial charge in [-0.25, -0.2) is 4.98 Å². The highest BCUT2D eigenvalue weighted by molar-refractivity contribution is 5.83. The van der Waals surface area contributed by atoms with Gasteiger partial charge >= 0.3 is 0 Å². The Bertz CT molecular complexity index is 376. The second-order valence-electron chi connectivity index (χ2n) is 4.48. The minimum absolute atomic E-state index is 0.0734. The molecule has 1 aliphatic rings. The lowest BCUT2D eigenvalue weighted by atomic mass is 9.68. The summed E-state index contributed by atoms with van der Waals surface area (Å²) >= 11 is 0. The first-order valence-electron chi connectivity index (χ1n) is 5.62. The Labute approximate surface area is 95.0 Å². The van der Waals surface area contributed by atoms with Crippen LogP contribution in [-0.4, -0.2) is 22.0 Å². The van der Waals surface area contributed by atoms with Crippen molar-refractivity contribution in [3.8, 4) is 0 Å². The molecule has 3 N–H and O–H groups in total. The first-order valence-corrected chi connectivity index (χ1v) is 5.62. The maximum absolute atomic E-state index is 12.0. The topological polar surface area (TPSA) is 72.9 Å². The number of hydrogen-bond acceptors (Lipinski definition) is 3. The Morgan fingerprint density at radius 1 is 1.69 bits per heavy atom. The molecule has 1 aromatic heterocycles. The number of hydrogen-bond donors (Lipinski definition) is 2. The lowest BCUT2D eigenvalue weighted by Gasteiger charge is -2.39. The van der Waals surface area contributed by atoms with Gasteiger partial charge in [-0.15, -0.1) is 0 Å². The summed E-state index contributed by atoms with van der Waals surface area (Å²) in [6.45, 7) is 0.920. The van der Waals surface area contributed by atoms with Crippen LogP contribution in [-0.2, 0) is 18.4 Å². The van der Waals surface area contributed by atoms with Crippen molar-refractivity contribution in [1.29, 1.82) is 0 Å². The maximum Gasteiger partial charge on any atom is 0.227 e. The van der Waals surface area contributed by atoms with E-state index in [1.807, 2.05) is 17.8 Å². The average molecular weight is 222 g/mol. The zero-order valence-corrected chi connectivity index (χ0v) is 9.57. The highest BCUT2D eigenvalue weighted by Crippen LogP contribution is 2.39. The van der Waals surface area contributed by atoms with Gasteiger partial charge in [0.1, 0.15) is 5.82 Å². The first-order chi connectivity index (χ1) is 7.68. The van der Waals surface area contributed by atoms with Gasteiger partial charge in [-0.1, -0.05) is 6.42 Å². The third kappa shape index (κ3) is 1.82. The van der Waals surface area contributed by atoms with Crippen LogP contribution in [0.4, 0.5) is 0 Å². The van der Waals surface area contributed by atoms with Gasteiger partial charge in [0.25, 0.3) is 0 Å². The van der Waals surface area contributed by atoms with Crippen LogP contribution in [0, 0.1) is 5.41 Å². The van der Waals surface area contributed by atoms with Crippen molar-refractivity contribution in [1.82, 2.24) is 14.9 Å². The van der Waals surface area contributed by atoms with Gasteiger partial charge in [-0.3, -0.25) is 4.79 Å². The molecule has 0 aromatic carbocycles. The second kappa shape index (κ2) is 4.25. The summed E-state index contributed by atoms with van der Waals surface area (Å²) in [6.07, 6.45) is 6.52. The molecule has 0 radical (unpaired) electrons. The third-order valence-electron chi connectivity index (χ3n) is 3.51.